The Balaban J connectivity index is 1.67. The SMILES string of the molecule is O=C(Cc1cccc(C(F)(F)F)c1)C1CC2CCC(C1)N2. The van der Waals surface area contributed by atoms with Crippen molar-refractivity contribution in [1.82, 2.24) is 5.32 Å². The van der Waals surface area contributed by atoms with Crippen LogP contribution in [-0.4, -0.2) is 17.9 Å². The van der Waals surface area contributed by atoms with Gasteiger partial charge in [-0.15, -0.1) is 0 Å². The van der Waals surface area contributed by atoms with E-state index in [4.69, 9.17) is 0 Å². The number of hydrogen-bond donors (Lipinski definition) is 1. The van der Waals surface area contributed by atoms with Crippen LogP contribution in [0, 0.1) is 5.92 Å². The summed E-state index contributed by atoms with van der Waals surface area (Å²) in [4.78, 5) is 12.3. The molecular weight excluding hydrogens is 279 g/mol. The molecular formula is C16H18F3NO. The Morgan fingerprint density at radius 3 is 2.48 bits per heavy atom. The first-order valence-electron chi connectivity index (χ1n) is 7.37. The minimum absolute atomic E-state index is 0.00158. The second kappa shape index (κ2) is 5.44. The average molecular weight is 297 g/mol. The molecule has 1 aromatic carbocycles. The summed E-state index contributed by atoms with van der Waals surface area (Å²) < 4.78 is 38.0. The Bertz CT molecular complexity index is 529. The Morgan fingerprint density at radius 2 is 1.86 bits per heavy atom. The minimum Gasteiger partial charge on any atom is -0.311 e. The van der Waals surface area contributed by atoms with Crippen molar-refractivity contribution < 1.29 is 18.0 Å². The number of hydrogen-bond acceptors (Lipinski definition) is 2. The van der Waals surface area contributed by atoms with Gasteiger partial charge in [0.2, 0.25) is 0 Å². The van der Waals surface area contributed by atoms with Crippen LogP contribution in [-0.2, 0) is 17.4 Å². The molecule has 2 heterocycles. The molecule has 5 heteroatoms. The van der Waals surface area contributed by atoms with E-state index in [-0.39, 0.29) is 18.1 Å². The average Bonchev–Trinajstić information content (AvgIpc) is 2.76. The molecule has 0 amide bonds. The summed E-state index contributed by atoms with van der Waals surface area (Å²) in [5.41, 5.74) is -0.223. The number of ketones is 1. The Morgan fingerprint density at radius 1 is 1.19 bits per heavy atom. The molecule has 114 valence electrons. The van der Waals surface area contributed by atoms with Crippen molar-refractivity contribution in [2.45, 2.75) is 50.4 Å². The standard InChI is InChI=1S/C16H18F3NO/c17-16(18,19)12-3-1-2-10(6-12)7-15(21)11-8-13-4-5-14(9-11)20-13/h1-3,6,11,13-14,20H,4-5,7-9H2. The van der Waals surface area contributed by atoms with Crippen molar-refractivity contribution >= 4 is 5.78 Å². The van der Waals surface area contributed by atoms with Crippen LogP contribution in [0.1, 0.15) is 36.8 Å². The summed E-state index contributed by atoms with van der Waals surface area (Å²) >= 11 is 0. The lowest BCUT2D eigenvalue weighted by Gasteiger charge is -2.28. The summed E-state index contributed by atoms with van der Waals surface area (Å²) in [5, 5.41) is 3.47. The van der Waals surface area contributed by atoms with Gasteiger partial charge in [-0.05, 0) is 37.3 Å². The van der Waals surface area contributed by atoms with Gasteiger partial charge in [-0.25, -0.2) is 0 Å². The van der Waals surface area contributed by atoms with Gasteiger partial charge in [0.25, 0.3) is 0 Å². The van der Waals surface area contributed by atoms with Crippen molar-refractivity contribution in [2.75, 3.05) is 0 Å². The largest absolute Gasteiger partial charge is 0.416 e. The molecule has 2 nitrogen and oxygen atoms in total. The van der Waals surface area contributed by atoms with E-state index in [1.54, 1.807) is 6.07 Å². The topological polar surface area (TPSA) is 29.1 Å². The maximum atomic E-state index is 12.7. The van der Waals surface area contributed by atoms with Crippen LogP contribution in [0.15, 0.2) is 24.3 Å². The molecule has 0 spiro atoms. The van der Waals surface area contributed by atoms with Crippen molar-refractivity contribution in [3.8, 4) is 0 Å². The van der Waals surface area contributed by atoms with E-state index >= 15 is 0 Å². The van der Waals surface area contributed by atoms with Crippen LogP contribution in [0.5, 0.6) is 0 Å². The zero-order valence-electron chi connectivity index (χ0n) is 11.6. The molecule has 2 bridgehead atoms. The molecule has 1 aromatic rings. The first kappa shape index (κ1) is 14.6. The molecule has 21 heavy (non-hydrogen) atoms. The summed E-state index contributed by atoms with van der Waals surface area (Å²) in [7, 11) is 0. The number of benzene rings is 1. The van der Waals surface area contributed by atoms with E-state index in [2.05, 4.69) is 5.32 Å². The monoisotopic (exact) mass is 297 g/mol. The van der Waals surface area contributed by atoms with Crippen molar-refractivity contribution in [2.24, 2.45) is 5.92 Å². The number of fused-ring (bicyclic) bond motifs is 2. The third-order valence-corrected chi connectivity index (χ3v) is 4.56. The second-order valence-electron chi connectivity index (χ2n) is 6.15. The number of nitrogens with one attached hydrogen (secondary N) is 1. The predicted octanol–water partition coefficient (Wildman–Crippen LogP) is 3.35. The zero-order valence-corrected chi connectivity index (χ0v) is 11.6. The fourth-order valence-electron chi connectivity index (χ4n) is 3.52. The number of carbonyl (C=O) groups excluding carboxylic acids is 1. The Kier molecular flexibility index (Phi) is 3.78. The predicted molar refractivity (Wildman–Crippen MR) is 72.8 cm³/mol. The molecule has 3 rings (SSSR count). The van der Waals surface area contributed by atoms with E-state index in [0.29, 0.717) is 17.6 Å². The fourth-order valence-corrected chi connectivity index (χ4v) is 3.52. The molecule has 2 atom stereocenters. The third kappa shape index (κ3) is 3.28. The number of Topliss-reactive ketones (excluding diaryl/α,β-unsaturated/α-hetero) is 1. The summed E-state index contributed by atoms with van der Waals surface area (Å²) in [5.74, 6) is 0.0750. The first-order valence-corrected chi connectivity index (χ1v) is 7.37. The number of carbonyl (C=O) groups is 1. The lowest BCUT2D eigenvalue weighted by atomic mass is 9.86. The molecule has 0 aromatic heterocycles. The van der Waals surface area contributed by atoms with E-state index < -0.39 is 11.7 Å². The minimum atomic E-state index is -4.35. The van der Waals surface area contributed by atoms with E-state index in [1.165, 1.54) is 6.07 Å². The van der Waals surface area contributed by atoms with Gasteiger partial charge in [-0.3, -0.25) is 4.79 Å². The molecule has 0 saturated carbocycles. The molecule has 0 radical (unpaired) electrons. The normalized spacial score (nSPS) is 28.6. The molecule has 2 aliphatic heterocycles. The van der Waals surface area contributed by atoms with Crippen LogP contribution in [0.25, 0.3) is 0 Å². The van der Waals surface area contributed by atoms with E-state index in [1.807, 2.05) is 0 Å². The highest BCUT2D eigenvalue weighted by Crippen LogP contribution is 2.33. The lowest BCUT2D eigenvalue weighted by molar-refractivity contribution is -0.137. The van der Waals surface area contributed by atoms with Crippen LogP contribution < -0.4 is 5.32 Å². The van der Waals surface area contributed by atoms with Gasteiger partial charge in [0, 0.05) is 24.4 Å². The fraction of sp³-hybridized carbons (Fsp3) is 0.562. The van der Waals surface area contributed by atoms with Gasteiger partial charge < -0.3 is 5.32 Å². The van der Waals surface area contributed by atoms with E-state index in [9.17, 15) is 18.0 Å². The second-order valence-corrected chi connectivity index (χ2v) is 6.15. The molecule has 2 saturated heterocycles. The van der Waals surface area contributed by atoms with Crippen LogP contribution in [0.2, 0.25) is 0 Å². The molecule has 2 fully saturated rings. The van der Waals surface area contributed by atoms with Crippen LogP contribution in [0.3, 0.4) is 0 Å². The van der Waals surface area contributed by atoms with Crippen molar-refractivity contribution in [3.05, 3.63) is 35.4 Å². The van der Waals surface area contributed by atoms with Gasteiger partial charge >= 0.3 is 6.18 Å². The third-order valence-electron chi connectivity index (χ3n) is 4.56. The van der Waals surface area contributed by atoms with Crippen molar-refractivity contribution in [1.29, 1.82) is 0 Å². The molecule has 0 aliphatic carbocycles. The number of rotatable bonds is 3. The van der Waals surface area contributed by atoms with Gasteiger partial charge in [0.05, 0.1) is 5.56 Å². The molecule has 2 aliphatic rings. The Labute approximate surface area is 121 Å². The first-order chi connectivity index (χ1) is 9.91. The van der Waals surface area contributed by atoms with Gasteiger partial charge in [0.1, 0.15) is 5.78 Å². The van der Waals surface area contributed by atoms with Crippen LogP contribution >= 0.6 is 0 Å². The number of alkyl halides is 3. The van der Waals surface area contributed by atoms with Crippen LogP contribution in [0.4, 0.5) is 13.2 Å². The molecule has 1 N–H and O–H groups in total. The maximum Gasteiger partial charge on any atom is 0.416 e. The maximum absolute atomic E-state index is 12.7. The zero-order chi connectivity index (χ0) is 15.0. The highest BCUT2D eigenvalue weighted by molar-refractivity contribution is 5.83. The molecule has 2 unspecified atom stereocenters. The highest BCUT2D eigenvalue weighted by Gasteiger charge is 2.36. The highest BCUT2D eigenvalue weighted by atomic mass is 19.4. The van der Waals surface area contributed by atoms with Crippen molar-refractivity contribution in [3.63, 3.8) is 0 Å². The van der Waals surface area contributed by atoms with Gasteiger partial charge in [-0.2, -0.15) is 13.2 Å². The number of halogens is 3. The Hall–Kier alpha value is -1.36. The number of piperidine rings is 1. The summed E-state index contributed by atoms with van der Waals surface area (Å²) in [6, 6.07) is 5.94. The van der Waals surface area contributed by atoms with Gasteiger partial charge in [0.15, 0.2) is 0 Å². The lowest BCUT2D eigenvalue weighted by Crippen LogP contribution is -2.40. The van der Waals surface area contributed by atoms with E-state index in [0.717, 1.165) is 37.8 Å². The quantitative estimate of drug-likeness (QED) is 0.927. The summed E-state index contributed by atoms with van der Waals surface area (Å²) in [6.45, 7) is 0. The smallest absolute Gasteiger partial charge is 0.311 e. The van der Waals surface area contributed by atoms with Gasteiger partial charge in [-0.1, -0.05) is 18.2 Å². The summed E-state index contributed by atoms with van der Waals surface area (Å²) in [6.07, 6.45) is -0.375.